The van der Waals surface area contributed by atoms with E-state index in [1.54, 1.807) is 39.8 Å². The van der Waals surface area contributed by atoms with Gasteiger partial charge < -0.3 is 33.9 Å². The Morgan fingerprint density at radius 2 is 1.62 bits per heavy atom. The van der Waals surface area contributed by atoms with Crippen molar-refractivity contribution in [2.24, 2.45) is 0 Å². The zero-order valence-corrected chi connectivity index (χ0v) is 18.3. The molecule has 9 heteroatoms. The smallest absolute Gasteiger partial charge is 0.410 e. The average Bonchev–Trinajstić information content (AvgIpc) is 2.64. The van der Waals surface area contributed by atoms with Crippen molar-refractivity contribution < 1.29 is 33.3 Å². The lowest BCUT2D eigenvalue weighted by atomic mass is 10.1. The summed E-state index contributed by atoms with van der Waals surface area (Å²) >= 11 is 0. The number of alkyl carbamates (subject to hydrolysis) is 1. The summed E-state index contributed by atoms with van der Waals surface area (Å²) in [5.74, 6) is 1.43. The Bertz CT molecular complexity index is 661. The summed E-state index contributed by atoms with van der Waals surface area (Å²) in [6.07, 6.45) is -1.04. The van der Waals surface area contributed by atoms with E-state index in [9.17, 15) is 9.59 Å². The molecule has 0 spiro atoms. The Morgan fingerprint density at radius 1 is 1.03 bits per heavy atom. The minimum atomic E-state index is -0.596. The van der Waals surface area contributed by atoms with E-state index in [0.29, 0.717) is 17.2 Å². The Hall–Kier alpha value is -2.84. The molecule has 1 rings (SSSR count). The Balaban J connectivity index is 2.91. The van der Waals surface area contributed by atoms with E-state index < -0.39 is 17.8 Å². The summed E-state index contributed by atoms with van der Waals surface area (Å²) in [5, 5.41) is 2.64. The van der Waals surface area contributed by atoms with Gasteiger partial charge in [-0.05, 0) is 45.4 Å². The van der Waals surface area contributed by atoms with E-state index in [1.807, 2.05) is 0 Å². The van der Waals surface area contributed by atoms with Crippen LogP contribution in [-0.2, 0) is 16.0 Å². The van der Waals surface area contributed by atoms with E-state index in [4.69, 9.17) is 23.7 Å². The van der Waals surface area contributed by atoms with Crippen LogP contribution in [0.4, 0.5) is 9.59 Å². The number of ether oxygens (including phenoxy) is 5. The van der Waals surface area contributed by atoms with Crippen LogP contribution >= 0.6 is 0 Å². The second kappa shape index (κ2) is 11.2. The number of amides is 2. The van der Waals surface area contributed by atoms with Crippen LogP contribution in [0.5, 0.6) is 17.2 Å². The Kier molecular flexibility index (Phi) is 9.37. The predicted molar refractivity (Wildman–Crippen MR) is 108 cm³/mol. The highest BCUT2D eigenvalue weighted by Gasteiger charge is 2.20. The number of benzene rings is 1. The molecule has 0 saturated heterocycles. The molecule has 0 radical (unpaired) electrons. The monoisotopic (exact) mass is 412 g/mol. The second-order valence-electron chi connectivity index (χ2n) is 7.08. The maximum Gasteiger partial charge on any atom is 0.410 e. The fourth-order valence-electron chi connectivity index (χ4n) is 2.50. The molecule has 0 bridgehead atoms. The molecule has 0 unspecified atom stereocenters. The highest BCUT2D eigenvalue weighted by molar-refractivity contribution is 5.69. The Labute approximate surface area is 172 Å². The lowest BCUT2D eigenvalue weighted by Crippen LogP contribution is -2.40. The van der Waals surface area contributed by atoms with E-state index in [1.165, 1.54) is 26.2 Å². The van der Waals surface area contributed by atoms with Crippen molar-refractivity contribution in [1.82, 2.24) is 10.2 Å². The van der Waals surface area contributed by atoms with Crippen LogP contribution in [0.15, 0.2) is 12.1 Å². The first-order valence-corrected chi connectivity index (χ1v) is 9.32. The average molecular weight is 412 g/mol. The number of carbonyl (C=O) groups excluding carboxylic acids is 2. The largest absolute Gasteiger partial charge is 0.493 e. The molecule has 1 N–H and O–H groups in total. The number of nitrogens with zero attached hydrogens (tertiary/aromatic N) is 1. The van der Waals surface area contributed by atoms with Gasteiger partial charge in [0.05, 0.1) is 27.9 Å². The molecule has 2 amide bonds. The summed E-state index contributed by atoms with van der Waals surface area (Å²) in [6, 6.07) is 3.52. The predicted octanol–water partition coefficient (Wildman–Crippen LogP) is 3.20. The molecule has 164 valence electrons. The maximum atomic E-state index is 12.4. The van der Waals surface area contributed by atoms with Crippen LogP contribution in [0.2, 0.25) is 0 Å². The molecular weight excluding hydrogens is 380 g/mol. The van der Waals surface area contributed by atoms with Crippen molar-refractivity contribution in [2.75, 3.05) is 41.0 Å². The minimum absolute atomic E-state index is 0.207. The summed E-state index contributed by atoms with van der Waals surface area (Å²) in [4.78, 5) is 25.6. The van der Waals surface area contributed by atoms with E-state index in [-0.39, 0.29) is 26.2 Å². The minimum Gasteiger partial charge on any atom is -0.493 e. The second-order valence-corrected chi connectivity index (χ2v) is 7.08. The topological polar surface area (TPSA) is 95.6 Å². The molecule has 0 atom stereocenters. The maximum absolute atomic E-state index is 12.4. The van der Waals surface area contributed by atoms with Gasteiger partial charge in [-0.2, -0.15) is 0 Å². The number of nitrogens with one attached hydrogen (secondary N) is 1. The zero-order chi connectivity index (χ0) is 22.0. The first-order chi connectivity index (χ1) is 13.6. The molecule has 0 aliphatic rings. The van der Waals surface area contributed by atoms with Crippen molar-refractivity contribution in [2.45, 2.75) is 39.8 Å². The molecule has 0 heterocycles. The van der Waals surface area contributed by atoms with Crippen LogP contribution in [-0.4, -0.2) is 63.7 Å². The van der Waals surface area contributed by atoms with Crippen molar-refractivity contribution in [3.63, 3.8) is 0 Å². The van der Waals surface area contributed by atoms with Gasteiger partial charge in [0.15, 0.2) is 11.5 Å². The molecule has 0 aliphatic heterocycles. The van der Waals surface area contributed by atoms with Gasteiger partial charge in [0.1, 0.15) is 5.60 Å². The number of hydrogen-bond acceptors (Lipinski definition) is 7. The Morgan fingerprint density at radius 3 is 2.07 bits per heavy atom. The van der Waals surface area contributed by atoms with Crippen LogP contribution in [0.1, 0.15) is 33.3 Å². The molecule has 1 aromatic rings. The van der Waals surface area contributed by atoms with Crippen molar-refractivity contribution >= 4 is 12.2 Å². The highest BCUT2D eigenvalue weighted by Crippen LogP contribution is 2.38. The van der Waals surface area contributed by atoms with Gasteiger partial charge in [0.2, 0.25) is 5.75 Å². The van der Waals surface area contributed by atoms with E-state index in [0.717, 1.165) is 5.56 Å². The zero-order valence-electron chi connectivity index (χ0n) is 18.3. The number of carbonyl (C=O) groups is 2. The van der Waals surface area contributed by atoms with Gasteiger partial charge in [-0.3, -0.25) is 0 Å². The summed E-state index contributed by atoms with van der Waals surface area (Å²) in [6.45, 7) is 7.98. The third-order valence-electron chi connectivity index (χ3n) is 3.67. The van der Waals surface area contributed by atoms with Gasteiger partial charge in [0.25, 0.3) is 0 Å². The summed E-state index contributed by atoms with van der Waals surface area (Å²) in [5.41, 5.74) is 0.158. The van der Waals surface area contributed by atoms with Gasteiger partial charge in [-0.15, -0.1) is 0 Å². The van der Waals surface area contributed by atoms with Gasteiger partial charge in [-0.25, -0.2) is 9.59 Å². The number of rotatable bonds is 9. The molecule has 0 aromatic heterocycles. The van der Waals surface area contributed by atoms with Crippen LogP contribution in [0.3, 0.4) is 0 Å². The van der Waals surface area contributed by atoms with Crippen LogP contribution < -0.4 is 19.5 Å². The van der Waals surface area contributed by atoms with E-state index >= 15 is 0 Å². The van der Waals surface area contributed by atoms with Gasteiger partial charge in [0, 0.05) is 19.6 Å². The standard InChI is InChI=1S/C20H32N2O7/c1-8-28-19(24)22(10-9-21-18(23)29-20(2,3)4)13-14-11-15(25-5)17(27-7)16(12-14)26-6/h11-12H,8-10,13H2,1-7H3,(H,21,23). The first-order valence-electron chi connectivity index (χ1n) is 9.32. The van der Waals surface area contributed by atoms with Crippen LogP contribution in [0, 0.1) is 0 Å². The lowest BCUT2D eigenvalue weighted by molar-refractivity contribution is 0.0516. The molecule has 1 aromatic carbocycles. The van der Waals surface area contributed by atoms with Gasteiger partial charge >= 0.3 is 12.2 Å². The highest BCUT2D eigenvalue weighted by atomic mass is 16.6. The van der Waals surface area contributed by atoms with Crippen molar-refractivity contribution in [3.05, 3.63) is 17.7 Å². The van der Waals surface area contributed by atoms with Crippen molar-refractivity contribution in [3.8, 4) is 17.2 Å². The molecule has 29 heavy (non-hydrogen) atoms. The molecular formula is C20H32N2O7. The summed E-state index contributed by atoms with van der Waals surface area (Å²) < 4.78 is 26.4. The van der Waals surface area contributed by atoms with Crippen molar-refractivity contribution in [1.29, 1.82) is 0 Å². The van der Waals surface area contributed by atoms with Crippen LogP contribution in [0.25, 0.3) is 0 Å². The third kappa shape index (κ3) is 7.97. The molecule has 0 aliphatic carbocycles. The SMILES string of the molecule is CCOC(=O)N(CCNC(=O)OC(C)(C)C)Cc1cc(OC)c(OC)c(OC)c1. The molecule has 0 fully saturated rings. The quantitative estimate of drug-likeness (QED) is 0.665. The lowest BCUT2D eigenvalue weighted by Gasteiger charge is -2.24. The fraction of sp³-hybridized carbons (Fsp3) is 0.600. The first kappa shape index (κ1) is 24.2. The third-order valence-corrected chi connectivity index (χ3v) is 3.67. The molecule has 0 saturated carbocycles. The molecule has 9 nitrogen and oxygen atoms in total. The normalized spacial score (nSPS) is 10.7. The summed E-state index contributed by atoms with van der Waals surface area (Å²) in [7, 11) is 4.57. The van der Waals surface area contributed by atoms with E-state index in [2.05, 4.69) is 5.32 Å². The number of hydrogen-bond donors (Lipinski definition) is 1. The fourth-order valence-corrected chi connectivity index (χ4v) is 2.50. The van der Waals surface area contributed by atoms with Gasteiger partial charge in [-0.1, -0.05) is 0 Å². The number of methoxy groups -OCH3 is 3.